The van der Waals surface area contributed by atoms with Crippen LogP contribution in [0.2, 0.25) is 0 Å². The standard InChI is InChI=1S/C27H33N3O3/c1-18-15-21-10-4-7-14-25(21)30(18)27(33)24-13-6-5-12-23(24)26(32)28-22-11-8-9-20(16-22)17-29(3)19(2)31/h4,7-11,14,16,18,23-24H,5-6,12-13,15,17H2,1-3H3,(H,28,32). The van der Waals surface area contributed by atoms with Gasteiger partial charge in [0.1, 0.15) is 0 Å². The van der Waals surface area contributed by atoms with Crippen LogP contribution in [0.15, 0.2) is 48.5 Å². The van der Waals surface area contributed by atoms with Crippen LogP contribution in [0.4, 0.5) is 11.4 Å². The molecule has 6 heteroatoms. The molecule has 0 saturated heterocycles. The van der Waals surface area contributed by atoms with Gasteiger partial charge in [0.15, 0.2) is 0 Å². The van der Waals surface area contributed by atoms with E-state index in [9.17, 15) is 14.4 Å². The van der Waals surface area contributed by atoms with Gasteiger partial charge in [0, 0.05) is 43.9 Å². The van der Waals surface area contributed by atoms with Crippen LogP contribution in [0.25, 0.3) is 0 Å². The van der Waals surface area contributed by atoms with Crippen molar-refractivity contribution < 1.29 is 14.4 Å². The van der Waals surface area contributed by atoms with Crippen molar-refractivity contribution in [2.45, 2.75) is 58.5 Å². The Balaban J connectivity index is 1.49. The summed E-state index contributed by atoms with van der Waals surface area (Å²) < 4.78 is 0. The van der Waals surface area contributed by atoms with Crippen LogP contribution in [0.3, 0.4) is 0 Å². The van der Waals surface area contributed by atoms with Gasteiger partial charge in [-0.15, -0.1) is 0 Å². The SMILES string of the molecule is CC(=O)N(C)Cc1cccc(NC(=O)C2CCCCC2C(=O)N2c3ccccc3CC2C)c1. The molecule has 1 aliphatic carbocycles. The van der Waals surface area contributed by atoms with Gasteiger partial charge in [-0.1, -0.05) is 43.2 Å². The van der Waals surface area contributed by atoms with Gasteiger partial charge in [0.05, 0.1) is 5.92 Å². The number of nitrogens with zero attached hydrogens (tertiary/aromatic N) is 2. The fourth-order valence-corrected chi connectivity index (χ4v) is 5.19. The third kappa shape index (κ3) is 4.95. The van der Waals surface area contributed by atoms with Crippen molar-refractivity contribution in [1.82, 2.24) is 4.90 Å². The molecule has 1 fully saturated rings. The Morgan fingerprint density at radius 3 is 2.52 bits per heavy atom. The first-order valence-electron chi connectivity index (χ1n) is 11.9. The van der Waals surface area contributed by atoms with E-state index in [1.54, 1.807) is 11.9 Å². The second-order valence-electron chi connectivity index (χ2n) is 9.45. The molecule has 0 spiro atoms. The lowest BCUT2D eigenvalue weighted by Gasteiger charge is -2.34. The molecule has 174 valence electrons. The minimum absolute atomic E-state index is 0.00860. The summed E-state index contributed by atoms with van der Waals surface area (Å²) in [5, 5.41) is 3.05. The maximum atomic E-state index is 13.7. The summed E-state index contributed by atoms with van der Waals surface area (Å²) in [5.41, 5.74) is 3.83. The number of carbonyl (C=O) groups excluding carboxylic acids is 3. The Hall–Kier alpha value is -3.15. The highest BCUT2D eigenvalue weighted by Gasteiger charge is 2.41. The predicted octanol–water partition coefficient (Wildman–Crippen LogP) is 4.39. The second kappa shape index (κ2) is 9.77. The maximum absolute atomic E-state index is 13.7. The van der Waals surface area contributed by atoms with E-state index in [-0.39, 0.29) is 35.6 Å². The molecule has 0 aromatic heterocycles. The fourth-order valence-electron chi connectivity index (χ4n) is 5.19. The van der Waals surface area contributed by atoms with Crippen LogP contribution in [0, 0.1) is 11.8 Å². The van der Waals surface area contributed by atoms with E-state index >= 15 is 0 Å². The predicted molar refractivity (Wildman–Crippen MR) is 130 cm³/mol. The molecule has 2 aromatic carbocycles. The number of hydrogen-bond donors (Lipinski definition) is 1. The number of carbonyl (C=O) groups is 3. The summed E-state index contributed by atoms with van der Waals surface area (Å²) in [6, 6.07) is 15.8. The van der Waals surface area contributed by atoms with E-state index < -0.39 is 0 Å². The zero-order chi connectivity index (χ0) is 23.5. The summed E-state index contributed by atoms with van der Waals surface area (Å²) >= 11 is 0. The van der Waals surface area contributed by atoms with E-state index in [4.69, 9.17) is 0 Å². The summed E-state index contributed by atoms with van der Waals surface area (Å²) in [7, 11) is 1.75. The monoisotopic (exact) mass is 447 g/mol. The van der Waals surface area contributed by atoms with Gasteiger partial charge in [-0.05, 0) is 55.5 Å². The van der Waals surface area contributed by atoms with Gasteiger partial charge >= 0.3 is 0 Å². The van der Waals surface area contributed by atoms with Crippen molar-refractivity contribution in [2.75, 3.05) is 17.3 Å². The van der Waals surface area contributed by atoms with Crippen molar-refractivity contribution in [2.24, 2.45) is 11.8 Å². The molecule has 0 bridgehead atoms. The lowest BCUT2D eigenvalue weighted by molar-refractivity contribution is -0.132. The molecule has 6 nitrogen and oxygen atoms in total. The Bertz CT molecular complexity index is 1050. The normalized spacial score (nSPS) is 21.9. The summed E-state index contributed by atoms with van der Waals surface area (Å²) in [4.78, 5) is 42.1. The van der Waals surface area contributed by atoms with Gasteiger partial charge in [-0.3, -0.25) is 14.4 Å². The summed E-state index contributed by atoms with van der Waals surface area (Å²) in [5.74, 6) is -0.672. The van der Waals surface area contributed by atoms with E-state index in [0.29, 0.717) is 12.2 Å². The van der Waals surface area contributed by atoms with Gasteiger partial charge in [0.25, 0.3) is 0 Å². The Labute approximate surface area is 196 Å². The zero-order valence-electron chi connectivity index (χ0n) is 19.7. The number of fused-ring (bicyclic) bond motifs is 1. The van der Waals surface area contributed by atoms with Crippen LogP contribution >= 0.6 is 0 Å². The molecule has 4 rings (SSSR count). The van der Waals surface area contributed by atoms with Gasteiger partial charge in [-0.25, -0.2) is 0 Å². The Morgan fingerprint density at radius 2 is 1.76 bits per heavy atom. The van der Waals surface area contributed by atoms with E-state index in [1.165, 1.54) is 12.5 Å². The first-order chi connectivity index (χ1) is 15.8. The highest BCUT2D eigenvalue weighted by Crippen LogP contribution is 2.38. The number of amides is 3. The number of rotatable bonds is 5. The Morgan fingerprint density at radius 1 is 1.03 bits per heavy atom. The Kier molecular flexibility index (Phi) is 6.82. The lowest BCUT2D eigenvalue weighted by Crippen LogP contribution is -2.46. The summed E-state index contributed by atoms with van der Waals surface area (Å²) in [6.07, 6.45) is 4.24. The quantitative estimate of drug-likeness (QED) is 0.739. The number of nitrogens with one attached hydrogen (secondary N) is 1. The van der Waals surface area contributed by atoms with Crippen LogP contribution in [0.5, 0.6) is 0 Å². The largest absolute Gasteiger partial charge is 0.342 e. The first-order valence-corrected chi connectivity index (χ1v) is 11.9. The molecule has 3 atom stereocenters. The van der Waals surface area contributed by atoms with Crippen molar-refractivity contribution in [3.63, 3.8) is 0 Å². The molecule has 3 unspecified atom stereocenters. The molecule has 1 aliphatic heterocycles. The van der Waals surface area contributed by atoms with Crippen molar-refractivity contribution in [1.29, 1.82) is 0 Å². The number of anilines is 2. The average Bonchev–Trinajstić information content (AvgIpc) is 3.14. The average molecular weight is 448 g/mol. The first kappa shape index (κ1) is 23.0. The molecule has 2 aliphatic rings. The van der Waals surface area contributed by atoms with Crippen molar-refractivity contribution >= 4 is 29.1 Å². The minimum Gasteiger partial charge on any atom is -0.342 e. The number of para-hydroxylation sites is 1. The van der Waals surface area contributed by atoms with Crippen LogP contribution in [-0.4, -0.2) is 35.7 Å². The molecule has 1 saturated carbocycles. The fraction of sp³-hybridized carbons (Fsp3) is 0.444. The topological polar surface area (TPSA) is 69.7 Å². The van der Waals surface area contributed by atoms with Crippen molar-refractivity contribution in [3.8, 4) is 0 Å². The molecule has 2 aromatic rings. The number of hydrogen-bond acceptors (Lipinski definition) is 3. The van der Waals surface area contributed by atoms with E-state index in [1.807, 2.05) is 47.4 Å². The van der Waals surface area contributed by atoms with Gasteiger partial charge < -0.3 is 15.1 Å². The van der Waals surface area contributed by atoms with E-state index in [2.05, 4.69) is 18.3 Å². The molecule has 1 N–H and O–H groups in total. The third-order valence-electron chi connectivity index (χ3n) is 7.02. The molecule has 0 radical (unpaired) electrons. The summed E-state index contributed by atoms with van der Waals surface area (Å²) in [6.45, 7) is 4.10. The molecule has 33 heavy (non-hydrogen) atoms. The van der Waals surface area contributed by atoms with Crippen molar-refractivity contribution in [3.05, 3.63) is 59.7 Å². The van der Waals surface area contributed by atoms with Gasteiger partial charge in [0.2, 0.25) is 17.7 Å². The maximum Gasteiger partial charge on any atom is 0.231 e. The van der Waals surface area contributed by atoms with E-state index in [0.717, 1.165) is 43.4 Å². The number of benzene rings is 2. The molecule has 1 heterocycles. The molecule has 3 amide bonds. The van der Waals surface area contributed by atoms with Crippen LogP contribution < -0.4 is 10.2 Å². The zero-order valence-corrected chi connectivity index (χ0v) is 19.7. The van der Waals surface area contributed by atoms with Gasteiger partial charge in [-0.2, -0.15) is 0 Å². The second-order valence-corrected chi connectivity index (χ2v) is 9.45. The molecular formula is C27H33N3O3. The smallest absolute Gasteiger partial charge is 0.231 e. The highest BCUT2D eigenvalue weighted by molar-refractivity contribution is 6.02. The lowest BCUT2D eigenvalue weighted by atomic mass is 9.77. The minimum atomic E-state index is -0.338. The third-order valence-corrected chi connectivity index (χ3v) is 7.02. The van der Waals surface area contributed by atoms with Crippen LogP contribution in [-0.2, 0) is 27.3 Å². The van der Waals surface area contributed by atoms with Crippen LogP contribution in [0.1, 0.15) is 50.7 Å². The molecular weight excluding hydrogens is 414 g/mol. The highest BCUT2D eigenvalue weighted by atomic mass is 16.2.